The van der Waals surface area contributed by atoms with Crippen molar-refractivity contribution in [3.8, 4) is 0 Å². The van der Waals surface area contributed by atoms with Crippen LogP contribution in [0.3, 0.4) is 0 Å². The fraction of sp³-hybridized carbons (Fsp3) is 0.588. The average Bonchev–Trinajstić information content (AvgIpc) is 2.38. The zero-order valence-electron chi connectivity index (χ0n) is 12.3. The van der Waals surface area contributed by atoms with Gasteiger partial charge in [0.05, 0.1) is 0 Å². The number of hydrogen-bond donors (Lipinski definition) is 1. The molecule has 104 valence electrons. The highest BCUT2D eigenvalue weighted by atomic mass is 16.1. The number of benzene rings is 1. The van der Waals surface area contributed by atoms with Gasteiger partial charge in [-0.3, -0.25) is 4.79 Å². The molecule has 2 atom stereocenters. The monoisotopic (exact) mass is 259 g/mol. The Bertz CT molecular complexity index is 453. The van der Waals surface area contributed by atoms with Crippen molar-refractivity contribution < 1.29 is 4.79 Å². The summed E-state index contributed by atoms with van der Waals surface area (Å²) < 4.78 is 0. The highest BCUT2D eigenvalue weighted by Gasteiger charge is 2.23. The van der Waals surface area contributed by atoms with Crippen molar-refractivity contribution in [2.75, 3.05) is 6.54 Å². The van der Waals surface area contributed by atoms with E-state index in [0.717, 1.165) is 30.0 Å². The Morgan fingerprint density at radius 3 is 2.84 bits per heavy atom. The van der Waals surface area contributed by atoms with Gasteiger partial charge in [0.15, 0.2) is 5.78 Å². The van der Waals surface area contributed by atoms with Gasteiger partial charge in [-0.05, 0) is 44.7 Å². The number of nitrogens with one attached hydrogen (secondary N) is 1. The third kappa shape index (κ3) is 3.66. The van der Waals surface area contributed by atoms with Crippen molar-refractivity contribution in [1.82, 2.24) is 5.32 Å². The van der Waals surface area contributed by atoms with E-state index in [9.17, 15) is 4.79 Å². The normalized spacial score (nSPS) is 23.3. The molecule has 1 aromatic rings. The molecule has 0 aromatic heterocycles. The quantitative estimate of drug-likeness (QED) is 0.836. The highest BCUT2D eigenvalue weighted by Crippen LogP contribution is 2.22. The molecule has 0 saturated carbocycles. The summed E-state index contributed by atoms with van der Waals surface area (Å²) in [4.78, 5) is 12.4. The lowest BCUT2D eigenvalue weighted by Crippen LogP contribution is -2.39. The molecule has 0 radical (unpaired) electrons. The van der Waals surface area contributed by atoms with Gasteiger partial charge in [-0.15, -0.1) is 0 Å². The molecule has 1 fully saturated rings. The number of ketones is 1. The zero-order valence-corrected chi connectivity index (χ0v) is 12.3. The van der Waals surface area contributed by atoms with Crippen LogP contribution in [0.15, 0.2) is 18.2 Å². The second kappa shape index (κ2) is 6.33. The fourth-order valence-electron chi connectivity index (χ4n) is 3.08. The molecule has 19 heavy (non-hydrogen) atoms. The standard InChI is InChI=1S/C17H25NO/c1-4-14-7-8-18-15(10-14)11-17(19)16-6-5-12(2)9-13(16)3/h5-6,9,14-15,18H,4,7-8,10-11H2,1-3H3. The van der Waals surface area contributed by atoms with E-state index < -0.39 is 0 Å². The average molecular weight is 259 g/mol. The molecule has 0 aliphatic carbocycles. The first kappa shape index (κ1) is 14.3. The van der Waals surface area contributed by atoms with Crippen LogP contribution in [0.5, 0.6) is 0 Å². The third-order valence-electron chi connectivity index (χ3n) is 4.29. The summed E-state index contributed by atoms with van der Waals surface area (Å²) in [6.45, 7) is 7.40. The minimum absolute atomic E-state index is 0.284. The lowest BCUT2D eigenvalue weighted by molar-refractivity contribution is 0.0956. The van der Waals surface area contributed by atoms with Gasteiger partial charge in [-0.25, -0.2) is 0 Å². The summed E-state index contributed by atoms with van der Waals surface area (Å²) in [6, 6.07) is 6.47. The third-order valence-corrected chi connectivity index (χ3v) is 4.29. The van der Waals surface area contributed by atoms with Crippen LogP contribution in [0.2, 0.25) is 0 Å². The minimum atomic E-state index is 0.284. The Morgan fingerprint density at radius 1 is 1.37 bits per heavy atom. The van der Waals surface area contributed by atoms with Gasteiger partial charge in [-0.1, -0.05) is 37.1 Å². The Kier molecular flexibility index (Phi) is 4.76. The van der Waals surface area contributed by atoms with Crippen LogP contribution in [0.25, 0.3) is 0 Å². The van der Waals surface area contributed by atoms with Gasteiger partial charge in [-0.2, -0.15) is 0 Å². The van der Waals surface area contributed by atoms with Gasteiger partial charge in [0.2, 0.25) is 0 Å². The molecule has 0 bridgehead atoms. The number of carbonyl (C=O) groups is 1. The number of rotatable bonds is 4. The number of hydrogen-bond acceptors (Lipinski definition) is 2. The van der Waals surface area contributed by atoms with Crippen LogP contribution in [0.4, 0.5) is 0 Å². The van der Waals surface area contributed by atoms with Crippen molar-refractivity contribution in [3.05, 3.63) is 34.9 Å². The molecule has 2 heteroatoms. The predicted molar refractivity (Wildman–Crippen MR) is 79.7 cm³/mol. The van der Waals surface area contributed by atoms with E-state index in [2.05, 4.69) is 25.2 Å². The Balaban J connectivity index is 2.00. The van der Waals surface area contributed by atoms with Gasteiger partial charge in [0.25, 0.3) is 0 Å². The lowest BCUT2D eigenvalue weighted by atomic mass is 9.87. The highest BCUT2D eigenvalue weighted by molar-refractivity contribution is 5.97. The Morgan fingerprint density at radius 2 is 2.16 bits per heavy atom. The van der Waals surface area contributed by atoms with Gasteiger partial charge in [0.1, 0.15) is 0 Å². The molecule has 1 heterocycles. The maximum Gasteiger partial charge on any atom is 0.164 e. The molecular weight excluding hydrogens is 234 g/mol. The Labute approximate surface area is 116 Å². The first-order valence-corrected chi connectivity index (χ1v) is 7.44. The SMILES string of the molecule is CCC1CCNC(CC(=O)c2ccc(C)cc2C)C1. The molecular formula is C17H25NO. The van der Waals surface area contributed by atoms with E-state index in [1.165, 1.54) is 18.4 Å². The molecule has 1 N–H and O–H groups in total. The molecule has 2 nitrogen and oxygen atoms in total. The zero-order chi connectivity index (χ0) is 13.8. The van der Waals surface area contributed by atoms with Gasteiger partial charge >= 0.3 is 0 Å². The maximum absolute atomic E-state index is 12.4. The second-order valence-corrected chi connectivity index (χ2v) is 5.90. The van der Waals surface area contributed by atoms with E-state index in [1.807, 2.05) is 19.1 Å². The molecule has 0 spiro atoms. The Hall–Kier alpha value is -1.15. The van der Waals surface area contributed by atoms with Crippen LogP contribution in [0.1, 0.15) is 54.1 Å². The van der Waals surface area contributed by atoms with Crippen LogP contribution in [0, 0.1) is 19.8 Å². The molecule has 2 rings (SSSR count). The largest absolute Gasteiger partial charge is 0.314 e. The predicted octanol–water partition coefficient (Wildman–Crippen LogP) is 3.65. The number of Topliss-reactive ketones (excluding diaryl/α,β-unsaturated/α-hetero) is 1. The van der Waals surface area contributed by atoms with Crippen molar-refractivity contribution in [2.24, 2.45) is 5.92 Å². The maximum atomic E-state index is 12.4. The first-order chi connectivity index (χ1) is 9.10. The van der Waals surface area contributed by atoms with Crippen molar-refractivity contribution in [3.63, 3.8) is 0 Å². The summed E-state index contributed by atoms with van der Waals surface area (Å²) in [6.07, 6.45) is 4.27. The molecule has 1 aliphatic heterocycles. The molecule has 1 aromatic carbocycles. The van der Waals surface area contributed by atoms with Crippen molar-refractivity contribution in [1.29, 1.82) is 0 Å². The fourth-order valence-corrected chi connectivity index (χ4v) is 3.08. The van der Waals surface area contributed by atoms with E-state index in [4.69, 9.17) is 0 Å². The first-order valence-electron chi connectivity index (χ1n) is 7.44. The number of aryl methyl sites for hydroxylation is 2. The minimum Gasteiger partial charge on any atom is -0.314 e. The number of carbonyl (C=O) groups excluding carboxylic acids is 1. The second-order valence-electron chi connectivity index (χ2n) is 5.90. The smallest absolute Gasteiger partial charge is 0.164 e. The van der Waals surface area contributed by atoms with E-state index >= 15 is 0 Å². The molecule has 0 amide bonds. The molecule has 1 aliphatic rings. The van der Waals surface area contributed by atoms with Crippen LogP contribution in [-0.2, 0) is 0 Å². The summed E-state index contributed by atoms with van der Waals surface area (Å²) in [5.74, 6) is 1.07. The summed E-state index contributed by atoms with van der Waals surface area (Å²) >= 11 is 0. The lowest BCUT2D eigenvalue weighted by Gasteiger charge is -2.29. The summed E-state index contributed by atoms with van der Waals surface area (Å²) in [5.41, 5.74) is 3.22. The van der Waals surface area contributed by atoms with Crippen LogP contribution >= 0.6 is 0 Å². The van der Waals surface area contributed by atoms with Crippen molar-refractivity contribution >= 4 is 5.78 Å². The molecule has 2 unspecified atom stereocenters. The summed E-state index contributed by atoms with van der Waals surface area (Å²) in [7, 11) is 0. The van der Waals surface area contributed by atoms with Crippen LogP contribution in [-0.4, -0.2) is 18.4 Å². The van der Waals surface area contributed by atoms with E-state index in [-0.39, 0.29) is 5.78 Å². The van der Waals surface area contributed by atoms with Gasteiger partial charge in [0, 0.05) is 18.0 Å². The van der Waals surface area contributed by atoms with Gasteiger partial charge < -0.3 is 5.32 Å². The van der Waals surface area contributed by atoms with Crippen molar-refractivity contribution in [2.45, 2.75) is 52.5 Å². The summed E-state index contributed by atoms with van der Waals surface area (Å²) in [5, 5.41) is 3.49. The topological polar surface area (TPSA) is 29.1 Å². The number of piperidine rings is 1. The van der Waals surface area contributed by atoms with E-state index in [0.29, 0.717) is 12.5 Å². The molecule has 1 saturated heterocycles. The van der Waals surface area contributed by atoms with E-state index in [1.54, 1.807) is 0 Å². The van der Waals surface area contributed by atoms with Crippen LogP contribution < -0.4 is 5.32 Å².